The van der Waals surface area contributed by atoms with E-state index in [1.54, 1.807) is 6.92 Å². The highest BCUT2D eigenvalue weighted by Gasteiger charge is 2.22. The number of likely N-dealkylation sites (N-methyl/N-ethyl adjacent to an activating group) is 1. The van der Waals surface area contributed by atoms with Crippen molar-refractivity contribution in [1.29, 1.82) is 0 Å². The molecule has 0 bridgehead atoms. The Labute approximate surface area is 96.6 Å². The topological polar surface area (TPSA) is 20.3 Å². The summed E-state index contributed by atoms with van der Waals surface area (Å²) >= 11 is 0. The average molecular weight is 215 g/mol. The molecule has 1 aliphatic rings. The molecule has 0 spiro atoms. The molecule has 0 saturated heterocycles. The molecule has 1 aromatic carbocycles. The average Bonchev–Trinajstić information content (AvgIpc) is 2.25. The molecule has 2 nitrogen and oxygen atoms in total. The number of rotatable bonds is 2. The van der Waals surface area contributed by atoms with Gasteiger partial charge in [-0.15, -0.1) is 0 Å². The standard InChI is InChI=1S/C14H17NO/c1-10-8-12(9-11(2)16)15(3)14-7-5-4-6-13(10)14/h4-8,12H,9H2,1-3H3. The fourth-order valence-electron chi connectivity index (χ4n) is 2.27. The van der Waals surface area contributed by atoms with Gasteiger partial charge in [-0.25, -0.2) is 0 Å². The van der Waals surface area contributed by atoms with E-state index in [1.807, 2.05) is 6.07 Å². The first-order chi connectivity index (χ1) is 7.59. The maximum atomic E-state index is 11.2. The first-order valence-corrected chi connectivity index (χ1v) is 5.59. The Bertz CT molecular complexity index is 448. The van der Waals surface area contributed by atoms with Crippen LogP contribution in [0.2, 0.25) is 0 Å². The van der Waals surface area contributed by atoms with Gasteiger partial charge in [0.15, 0.2) is 0 Å². The number of hydrogen-bond acceptors (Lipinski definition) is 2. The number of anilines is 1. The zero-order valence-corrected chi connectivity index (χ0v) is 10.0. The zero-order chi connectivity index (χ0) is 11.7. The lowest BCUT2D eigenvalue weighted by atomic mass is 9.94. The lowest BCUT2D eigenvalue weighted by molar-refractivity contribution is -0.117. The van der Waals surface area contributed by atoms with E-state index in [9.17, 15) is 4.79 Å². The Morgan fingerprint density at radius 2 is 2.06 bits per heavy atom. The van der Waals surface area contributed by atoms with Crippen molar-refractivity contribution >= 4 is 17.0 Å². The maximum absolute atomic E-state index is 11.2. The van der Waals surface area contributed by atoms with Crippen molar-refractivity contribution in [3.8, 4) is 0 Å². The van der Waals surface area contributed by atoms with Gasteiger partial charge in [-0.05, 0) is 25.5 Å². The van der Waals surface area contributed by atoms with Crippen LogP contribution in [0.15, 0.2) is 30.3 Å². The van der Waals surface area contributed by atoms with Crippen LogP contribution in [0.3, 0.4) is 0 Å². The minimum atomic E-state index is 0.201. The Kier molecular flexibility index (Phi) is 2.82. The summed E-state index contributed by atoms with van der Waals surface area (Å²) in [6.45, 7) is 3.76. The highest BCUT2D eigenvalue weighted by atomic mass is 16.1. The van der Waals surface area contributed by atoms with Crippen LogP contribution in [0.1, 0.15) is 25.8 Å². The van der Waals surface area contributed by atoms with Gasteiger partial charge < -0.3 is 4.90 Å². The summed E-state index contributed by atoms with van der Waals surface area (Å²) in [7, 11) is 2.05. The van der Waals surface area contributed by atoms with E-state index in [-0.39, 0.29) is 11.8 Å². The van der Waals surface area contributed by atoms with Crippen LogP contribution in [0.25, 0.3) is 5.57 Å². The second-order valence-electron chi connectivity index (χ2n) is 4.45. The molecule has 0 radical (unpaired) electrons. The van der Waals surface area contributed by atoms with E-state index < -0.39 is 0 Å². The van der Waals surface area contributed by atoms with E-state index in [1.165, 1.54) is 16.8 Å². The van der Waals surface area contributed by atoms with Gasteiger partial charge in [-0.3, -0.25) is 4.79 Å². The number of Topliss-reactive ketones (excluding diaryl/α,β-unsaturated/α-hetero) is 1. The molecule has 1 aromatic rings. The third kappa shape index (κ3) is 1.87. The monoisotopic (exact) mass is 215 g/mol. The summed E-state index contributed by atoms with van der Waals surface area (Å²) in [4.78, 5) is 13.4. The Hall–Kier alpha value is -1.57. The third-order valence-corrected chi connectivity index (χ3v) is 3.15. The van der Waals surface area contributed by atoms with Crippen LogP contribution in [0, 0.1) is 0 Å². The number of ketones is 1. The molecule has 1 aliphatic heterocycles. The molecule has 2 heteroatoms. The van der Waals surface area contributed by atoms with Crippen LogP contribution in [-0.4, -0.2) is 18.9 Å². The highest BCUT2D eigenvalue weighted by molar-refractivity contribution is 5.83. The number of nitrogens with zero attached hydrogens (tertiary/aromatic N) is 1. The number of para-hydroxylation sites is 1. The molecule has 0 aliphatic carbocycles. The number of carbonyl (C=O) groups is 1. The van der Waals surface area contributed by atoms with Crippen molar-refractivity contribution in [2.75, 3.05) is 11.9 Å². The van der Waals surface area contributed by atoms with Crippen molar-refractivity contribution in [2.45, 2.75) is 26.3 Å². The molecular formula is C14H17NO. The van der Waals surface area contributed by atoms with Crippen molar-refractivity contribution in [1.82, 2.24) is 0 Å². The van der Waals surface area contributed by atoms with E-state index >= 15 is 0 Å². The van der Waals surface area contributed by atoms with Gasteiger partial charge in [-0.1, -0.05) is 24.3 Å². The molecule has 16 heavy (non-hydrogen) atoms. The van der Waals surface area contributed by atoms with Crippen LogP contribution < -0.4 is 4.90 Å². The van der Waals surface area contributed by atoms with Crippen LogP contribution in [0.5, 0.6) is 0 Å². The number of carbonyl (C=O) groups excluding carboxylic acids is 1. The van der Waals surface area contributed by atoms with E-state index in [2.05, 4.69) is 43.1 Å². The van der Waals surface area contributed by atoms with Gasteiger partial charge in [0, 0.05) is 24.7 Å². The summed E-state index contributed by atoms with van der Waals surface area (Å²) in [5, 5.41) is 0. The summed E-state index contributed by atoms with van der Waals surface area (Å²) < 4.78 is 0. The van der Waals surface area contributed by atoms with Gasteiger partial charge >= 0.3 is 0 Å². The SMILES string of the molecule is CC(=O)CC1C=C(C)c2ccccc2N1C. The lowest BCUT2D eigenvalue weighted by Gasteiger charge is -2.33. The second kappa shape index (κ2) is 4.12. The molecule has 1 atom stereocenters. The fourth-order valence-corrected chi connectivity index (χ4v) is 2.27. The second-order valence-corrected chi connectivity index (χ2v) is 4.45. The minimum Gasteiger partial charge on any atom is -0.367 e. The molecule has 0 N–H and O–H groups in total. The Balaban J connectivity index is 2.39. The van der Waals surface area contributed by atoms with Crippen molar-refractivity contribution in [3.05, 3.63) is 35.9 Å². The molecule has 2 rings (SSSR count). The Morgan fingerprint density at radius 1 is 1.38 bits per heavy atom. The zero-order valence-electron chi connectivity index (χ0n) is 10.0. The van der Waals surface area contributed by atoms with E-state index in [4.69, 9.17) is 0 Å². The van der Waals surface area contributed by atoms with Crippen molar-refractivity contribution in [2.24, 2.45) is 0 Å². The molecule has 0 amide bonds. The number of fused-ring (bicyclic) bond motifs is 1. The van der Waals surface area contributed by atoms with E-state index in [0.29, 0.717) is 6.42 Å². The summed E-state index contributed by atoms with van der Waals surface area (Å²) in [6.07, 6.45) is 2.77. The fraction of sp³-hybridized carbons (Fsp3) is 0.357. The first-order valence-electron chi connectivity index (χ1n) is 5.59. The predicted molar refractivity (Wildman–Crippen MR) is 67.6 cm³/mol. The number of benzene rings is 1. The maximum Gasteiger partial charge on any atom is 0.132 e. The predicted octanol–water partition coefficient (Wildman–Crippen LogP) is 2.89. The number of hydrogen-bond donors (Lipinski definition) is 0. The smallest absolute Gasteiger partial charge is 0.132 e. The van der Waals surface area contributed by atoms with Gasteiger partial charge in [0.25, 0.3) is 0 Å². The first kappa shape index (κ1) is 10.9. The quantitative estimate of drug-likeness (QED) is 0.756. The number of allylic oxidation sites excluding steroid dienone is 1. The molecule has 1 unspecified atom stereocenters. The van der Waals surface area contributed by atoms with Crippen molar-refractivity contribution in [3.63, 3.8) is 0 Å². The summed E-state index contributed by atoms with van der Waals surface area (Å²) in [5.41, 5.74) is 3.75. The third-order valence-electron chi connectivity index (χ3n) is 3.15. The lowest BCUT2D eigenvalue weighted by Crippen LogP contribution is -2.34. The summed E-state index contributed by atoms with van der Waals surface area (Å²) in [6, 6.07) is 8.53. The largest absolute Gasteiger partial charge is 0.367 e. The summed E-state index contributed by atoms with van der Waals surface area (Å²) in [5.74, 6) is 0.236. The van der Waals surface area contributed by atoms with Gasteiger partial charge in [-0.2, -0.15) is 0 Å². The highest BCUT2D eigenvalue weighted by Crippen LogP contribution is 2.33. The molecule has 84 valence electrons. The van der Waals surface area contributed by atoms with E-state index in [0.717, 1.165) is 0 Å². The molecule has 0 saturated carbocycles. The normalized spacial score (nSPS) is 19.1. The molecule has 0 aromatic heterocycles. The minimum absolute atomic E-state index is 0.201. The van der Waals surface area contributed by atoms with Gasteiger partial charge in [0.1, 0.15) is 5.78 Å². The molecule has 0 fully saturated rings. The van der Waals surface area contributed by atoms with Gasteiger partial charge in [0.2, 0.25) is 0 Å². The van der Waals surface area contributed by atoms with Gasteiger partial charge in [0.05, 0.1) is 6.04 Å². The molecular weight excluding hydrogens is 198 g/mol. The van der Waals surface area contributed by atoms with Crippen LogP contribution in [0.4, 0.5) is 5.69 Å². The van der Waals surface area contributed by atoms with Crippen LogP contribution >= 0.6 is 0 Å². The van der Waals surface area contributed by atoms with Crippen LogP contribution in [-0.2, 0) is 4.79 Å². The van der Waals surface area contributed by atoms with Crippen molar-refractivity contribution < 1.29 is 4.79 Å². The Morgan fingerprint density at radius 3 is 2.75 bits per heavy atom. The molecule has 1 heterocycles.